The number of rotatable bonds is 46. The summed E-state index contributed by atoms with van der Waals surface area (Å²) in [5.74, 6) is -0.650. The van der Waals surface area contributed by atoms with E-state index in [1.807, 2.05) is 0 Å². The SMILES string of the molecule is CCCCCCCCCCCCCCCCCC/C=C\CCCCCCCCCC/C=C\CCCCCCCCCCCCCCCCCC(=O)O. The summed E-state index contributed by atoms with van der Waals surface area (Å²) < 4.78 is 0. The van der Waals surface area contributed by atoms with Crippen molar-refractivity contribution >= 4 is 5.97 Å². The molecule has 0 atom stereocenters. The van der Waals surface area contributed by atoms with E-state index in [-0.39, 0.29) is 0 Å². The third-order valence-corrected chi connectivity index (χ3v) is 11.3. The van der Waals surface area contributed by atoms with Crippen LogP contribution in [0.3, 0.4) is 0 Å². The predicted molar refractivity (Wildman–Crippen MR) is 235 cm³/mol. The van der Waals surface area contributed by atoms with Crippen molar-refractivity contribution in [2.24, 2.45) is 0 Å². The zero-order valence-corrected chi connectivity index (χ0v) is 35.8. The van der Waals surface area contributed by atoms with Crippen LogP contribution in [0.25, 0.3) is 0 Å². The summed E-state index contributed by atoms with van der Waals surface area (Å²) in [6.45, 7) is 2.31. The topological polar surface area (TPSA) is 37.3 Å². The summed E-state index contributed by atoms with van der Waals surface area (Å²) in [4.78, 5) is 10.5. The standard InChI is InChI=1S/C50H96O2/c1-2-3-4-5-6-7-8-9-10-11-12-13-14-15-16-17-18-19-20-21-22-23-24-25-26-27-28-29-30-31-32-33-34-35-36-37-38-39-40-41-42-43-44-45-46-47-48-49-50(51)52/h19-20,31-32H,2-18,21-30,33-49H2,1H3,(H,51,52)/b20-19-,32-31-. The molecule has 0 aromatic rings. The average molecular weight is 729 g/mol. The lowest BCUT2D eigenvalue weighted by molar-refractivity contribution is -0.137. The molecule has 0 spiro atoms. The Labute approximate surface area is 328 Å². The van der Waals surface area contributed by atoms with E-state index in [1.54, 1.807) is 0 Å². The highest BCUT2D eigenvalue weighted by atomic mass is 16.4. The van der Waals surface area contributed by atoms with E-state index in [0.717, 1.165) is 12.8 Å². The molecule has 0 heterocycles. The van der Waals surface area contributed by atoms with Gasteiger partial charge in [0.2, 0.25) is 0 Å². The van der Waals surface area contributed by atoms with Crippen LogP contribution in [0.15, 0.2) is 24.3 Å². The summed E-state index contributed by atoms with van der Waals surface area (Å²) in [6, 6.07) is 0. The highest BCUT2D eigenvalue weighted by Crippen LogP contribution is 2.17. The second-order valence-electron chi connectivity index (χ2n) is 16.7. The van der Waals surface area contributed by atoms with Crippen molar-refractivity contribution in [3.63, 3.8) is 0 Å². The first-order chi connectivity index (χ1) is 25.8. The predicted octanol–water partition coefficient (Wildman–Crippen LogP) is 18.4. The molecule has 1 N–H and O–H groups in total. The summed E-state index contributed by atoms with van der Waals surface area (Å²) in [5.41, 5.74) is 0. The van der Waals surface area contributed by atoms with Gasteiger partial charge in [-0.25, -0.2) is 0 Å². The minimum absolute atomic E-state index is 0.343. The van der Waals surface area contributed by atoms with Crippen molar-refractivity contribution in [2.75, 3.05) is 0 Å². The molecule has 0 aliphatic rings. The molecule has 0 radical (unpaired) electrons. The van der Waals surface area contributed by atoms with Crippen LogP contribution in [0.1, 0.15) is 289 Å². The largest absolute Gasteiger partial charge is 0.481 e. The zero-order valence-electron chi connectivity index (χ0n) is 35.8. The van der Waals surface area contributed by atoms with Gasteiger partial charge in [-0.2, -0.15) is 0 Å². The van der Waals surface area contributed by atoms with Crippen molar-refractivity contribution < 1.29 is 9.90 Å². The quantitative estimate of drug-likeness (QED) is 0.0500. The Morgan fingerprint density at radius 2 is 0.462 bits per heavy atom. The molecule has 0 aromatic carbocycles. The van der Waals surface area contributed by atoms with Crippen LogP contribution in [0.4, 0.5) is 0 Å². The molecule has 0 saturated heterocycles. The van der Waals surface area contributed by atoms with Gasteiger partial charge in [-0.05, 0) is 57.8 Å². The van der Waals surface area contributed by atoms with Crippen LogP contribution < -0.4 is 0 Å². The molecule has 0 aliphatic heterocycles. The molecule has 0 unspecified atom stereocenters. The van der Waals surface area contributed by atoms with E-state index >= 15 is 0 Å². The minimum Gasteiger partial charge on any atom is -0.481 e. The molecule has 308 valence electrons. The first-order valence-electron chi connectivity index (χ1n) is 24.3. The fraction of sp³-hybridized carbons (Fsp3) is 0.900. The molecule has 0 aliphatic carbocycles. The van der Waals surface area contributed by atoms with E-state index in [1.165, 1.54) is 263 Å². The lowest BCUT2D eigenvalue weighted by Crippen LogP contribution is -1.93. The van der Waals surface area contributed by atoms with Crippen molar-refractivity contribution in [3.05, 3.63) is 24.3 Å². The Morgan fingerprint density at radius 1 is 0.288 bits per heavy atom. The number of carboxylic acid groups (broad SMARTS) is 1. The lowest BCUT2D eigenvalue weighted by atomic mass is 10.0. The van der Waals surface area contributed by atoms with Crippen LogP contribution in [-0.4, -0.2) is 11.1 Å². The number of unbranched alkanes of at least 4 members (excludes halogenated alkanes) is 40. The van der Waals surface area contributed by atoms with Crippen LogP contribution in [-0.2, 0) is 4.79 Å². The number of hydrogen-bond donors (Lipinski definition) is 1. The third kappa shape index (κ3) is 49.0. The first kappa shape index (κ1) is 51.0. The van der Waals surface area contributed by atoms with Gasteiger partial charge in [-0.3, -0.25) is 4.79 Å². The number of aliphatic carboxylic acids is 1. The molecular weight excluding hydrogens is 633 g/mol. The number of hydrogen-bond acceptors (Lipinski definition) is 1. The van der Waals surface area contributed by atoms with E-state index in [2.05, 4.69) is 31.2 Å². The van der Waals surface area contributed by atoms with E-state index in [0.29, 0.717) is 6.42 Å². The Morgan fingerprint density at radius 3 is 0.654 bits per heavy atom. The van der Waals surface area contributed by atoms with Crippen LogP contribution in [0, 0.1) is 0 Å². The van der Waals surface area contributed by atoms with Crippen molar-refractivity contribution in [3.8, 4) is 0 Å². The van der Waals surface area contributed by atoms with Gasteiger partial charge in [-0.15, -0.1) is 0 Å². The Hall–Kier alpha value is -1.05. The minimum atomic E-state index is -0.650. The highest BCUT2D eigenvalue weighted by molar-refractivity contribution is 5.66. The van der Waals surface area contributed by atoms with Crippen molar-refractivity contribution in [1.29, 1.82) is 0 Å². The number of carboxylic acids is 1. The Balaban J connectivity index is 3.14. The maximum absolute atomic E-state index is 10.5. The van der Waals surface area contributed by atoms with Crippen LogP contribution in [0.2, 0.25) is 0 Å². The molecule has 0 bridgehead atoms. The van der Waals surface area contributed by atoms with E-state index < -0.39 is 5.97 Å². The van der Waals surface area contributed by atoms with Gasteiger partial charge in [-0.1, -0.05) is 250 Å². The molecule has 52 heavy (non-hydrogen) atoms. The zero-order chi connectivity index (χ0) is 37.5. The summed E-state index contributed by atoms with van der Waals surface area (Å²) >= 11 is 0. The highest BCUT2D eigenvalue weighted by Gasteiger charge is 1.98. The van der Waals surface area contributed by atoms with Crippen molar-refractivity contribution in [1.82, 2.24) is 0 Å². The molecule has 0 fully saturated rings. The smallest absolute Gasteiger partial charge is 0.303 e. The molecular formula is C50H96O2. The second-order valence-corrected chi connectivity index (χ2v) is 16.7. The third-order valence-electron chi connectivity index (χ3n) is 11.3. The fourth-order valence-corrected chi connectivity index (χ4v) is 7.70. The Kier molecular flexibility index (Phi) is 47.0. The molecule has 0 amide bonds. The van der Waals surface area contributed by atoms with Crippen LogP contribution in [0.5, 0.6) is 0 Å². The first-order valence-corrected chi connectivity index (χ1v) is 24.3. The van der Waals surface area contributed by atoms with E-state index in [4.69, 9.17) is 5.11 Å². The molecule has 0 aromatic heterocycles. The lowest BCUT2D eigenvalue weighted by Gasteiger charge is -2.03. The van der Waals surface area contributed by atoms with Crippen molar-refractivity contribution in [2.45, 2.75) is 289 Å². The van der Waals surface area contributed by atoms with Gasteiger partial charge in [0.05, 0.1) is 0 Å². The van der Waals surface area contributed by atoms with Crippen LogP contribution >= 0.6 is 0 Å². The van der Waals surface area contributed by atoms with Gasteiger partial charge in [0.1, 0.15) is 0 Å². The van der Waals surface area contributed by atoms with Gasteiger partial charge >= 0.3 is 5.97 Å². The van der Waals surface area contributed by atoms with Gasteiger partial charge in [0.25, 0.3) is 0 Å². The second kappa shape index (κ2) is 48.0. The summed E-state index contributed by atoms with van der Waals surface area (Å²) in [5, 5.41) is 8.66. The van der Waals surface area contributed by atoms with Gasteiger partial charge in [0.15, 0.2) is 0 Å². The monoisotopic (exact) mass is 729 g/mol. The fourth-order valence-electron chi connectivity index (χ4n) is 7.70. The molecule has 0 rings (SSSR count). The Bertz CT molecular complexity index is 709. The maximum atomic E-state index is 10.5. The normalized spacial score (nSPS) is 11.9. The molecule has 2 nitrogen and oxygen atoms in total. The molecule has 2 heteroatoms. The number of allylic oxidation sites excluding steroid dienone is 4. The van der Waals surface area contributed by atoms with E-state index in [9.17, 15) is 4.79 Å². The number of carbonyl (C=O) groups is 1. The van der Waals surface area contributed by atoms with Gasteiger partial charge < -0.3 is 5.11 Å². The van der Waals surface area contributed by atoms with Gasteiger partial charge in [0, 0.05) is 6.42 Å². The molecule has 0 saturated carbocycles. The summed E-state index contributed by atoms with van der Waals surface area (Å²) in [7, 11) is 0. The average Bonchev–Trinajstić information content (AvgIpc) is 3.14. The summed E-state index contributed by atoms with van der Waals surface area (Å²) in [6.07, 6.45) is 69.8. The maximum Gasteiger partial charge on any atom is 0.303 e.